The van der Waals surface area contributed by atoms with Gasteiger partial charge in [0.1, 0.15) is 0 Å². The zero-order valence-corrected chi connectivity index (χ0v) is 15.2. The van der Waals surface area contributed by atoms with Crippen molar-refractivity contribution in [3.63, 3.8) is 0 Å². The molecule has 6 heteroatoms. The van der Waals surface area contributed by atoms with Crippen molar-refractivity contribution in [3.05, 3.63) is 76.0 Å². The van der Waals surface area contributed by atoms with E-state index in [2.05, 4.69) is 11.5 Å². The average molecular weight is 363 g/mol. The fraction of sp³-hybridized carbons (Fsp3) is 0.286. The summed E-state index contributed by atoms with van der Waals surface area (Å²) in [5.74, 6) is -0.00703. The molecule has 3 aromatic rings. The lowest BCUT2D eigenvalue weighted by atomic mass is 10.1. The summed E-state index contributed by atoms with van der Waals surface area (Å²) >= 11 is 0. The Kier molecular flexibility index (Phi) is 4.39. The van der Waals surface area contributed by atoms with E-state index in [1.54, 1.807) is 12.1 Å². The van der Waals surface area contributed by atoms with Gasteiger partial charge < -0.3 is 9.47 Å². The molecule has 0 unspecified atom stereocenters. The number of hydrogen-bond acceptors (Lipinski definition) is 3. The molecule has 1 aliphatic rings. The Morgan fingerprint density at radius 3 is 2.70 bits per heavy atom. The number of rotatable bonds is 6. The van der Waals surface area contributed by atoms with E-state index in [1.807, 2.05) is 41.4 Å². The summed E-state index contributed by atoms with van der Waals surface area (Å²) in [6.07, 6.45) is 3.88. The van der Waals surface area contributed by atoms with Gasteiger partial charge in [0.25, 0.3) is 11.6 Å². The van der Waals surface area contributed by atoms with Gasteiger partial charge in [-0.3, -0.25) is 14.9 Å². The van der Waals surface area contributed by atoms with Crippen LogP contribution in [0.25, 0.3) is 10.9 Å². The number of nitro benzene ring substituents is 1. The minimum absolute atomic E-state index is 0.00703. The van der Waals surface area contributed by atoms with Crippen molar-refractivity contribution in [3.8, 4) is 0 Å². The SMILES string of the molecule is CCn1cc(C(=O)N(Cc2cccc([N+](=O)[O-])c2)C2CC2)c2ccccc21. The predicted octanol–water partition coefficient (Wildman–Crippen LogP) is 4.37. The molecule has 138 valence electrons. The fourth-order valence-electron chi connectivity index (χ4n) is 3.55. The van der Waals surface area contributed by atoms with Crippen LogP contribution in [0.4, 0.5) is 5.69 Å². The van der Waals surface area contributed by atoms with Crippen molar-refractivity contribution in [2.75, 3.05) is 0 Å². The van der Waals surface area contributed by atoms with Gasteiger partial charge in [0, 0.05) is 48.4 Å². The molecule has 6 nitrogen and oxygen atoms in total. The molecular formula is C21H21N3O3. The fourth-order valence-corrected chi connectivity index (χ4v) is 3.55. The van der Waals surface area contributed by atoms with Crippen molar-refractivity contribution in [1.29, 1.82) is 0 Å². The Morgan fingerprint density at radius 2 is 2.00 bits per heavy atom. The number of non-ortho nitro benzene ring substituents is 1. The Labute approximate surface area is 157 Å². The summed E-state index contributed by atoms with van der Waals surface area (Å²) in [4.78, 5) is 25.9. The van der Waals surface area contributed by atoms with Crippen LogP contribution in [0.2, 0.25) is 0 Å². The van der Waals surface area contributed by atoms with Gasteiger partial charge in [0.05, 0.1) is 10.5 Å². The van der Waals surface area contributed by atoms with Gasteiger partial charge in [-0.2, -0.15) is 0 Å². The molecule has 0 aliphatic heterocycles. The van der Waals surface area contributed by atoms with Crippen LogP contribution in [0.5, 0.6) is 0 Å². The minimum atomic E-state index is -0.401. The third kappa shape index (κ3) is 3.30. The molecule has 27 heavy (non-hydrogen) atoms. The molecule has 0 atom stereocenters. The third-order valence-electron chi connectivity index (χ3n) is 5.08. The van der Waals surface area contributed by atoms with E-state index in [-0.39, 0.29) is 17.6 Å². The molecule has 0 bridgehead atoms. The van der Waals surface area contributed by atoms with Crippen LogP contribution in [0, 0.1) is 10.1 Å². The van der Waals surface area contributed by atoms with Crippen LogP contribution >= 0.6 is 0 Å². The van der Waals surface area contributed by atoms with Gasteiger partial charge in [0.2, 0.25) is 0 Å². The van der Waals surface area contributed by atoms with Gasteiger partial charge in [-0.25, -0.2) is 0 Å². The smallest absolute Gasteiger partial charge is 0.269 e. The predicted molar refractivity (Wildman–Crippen MR) is 104 cm³/mol. The first-order valence-electron chi connectivity index (χ1n) is 9.20. The number of nitrogens with zero attached hydrogens (tertiary/aromatic N) is 3. The van der Waals surface area contributed by atoms with E-state index in [0.29, 0.717) is 12.1 Å². The maximum Gasteiger partial charge on any atom is 0.269 e. The molecule has 0 N–H and O–H groups in total. The van der Waals surface area contributed by atoms with Crippen LogP contribution in [0.1, 0.15) is 35.7 Å². The first-order valence-corrected chi connectivity index (χ1v) is 9.20. The Balaban J connectivity index is 1.68. The number of carbonyl (C=O) groups excluding carboxylic acids is 1. The molecule has 1 aromatic heterocycles. The lowest BCUT2D eigenvalue weighted by Crippen LogP contribution is -2.32. The lowest BCUT2D eigenvalue weighted by Gasteiger charge is -2.22. The molecule has 2 aromatic carbocycles. The van der Waals surface area contributed by atoms with Crippen LogP contribution in [0.15, 0.2) is 54.7 Å². The van der Waals surface area contributed by atoms with Gasteiger partial charge in [-0.15, -0.1) is 0 Å². The molecule has 1 heterocycles. The number of hydrogen-bond donors (Lipinski definition) is 0. The molecule has 0 spiro atoms. The molecule has 1 aliphatic carbocycles. The Bertz CT molecular complexity index is 1020. The van der Waals surface area contributed by atoms with Crippen molar-refractivity contribution >= 4 is 22.5 Å². The summed E-state index contributed by atoms with van der Waals surface area (Å²) < 4.78 is 2.08. The topological polar surface area (TPSA) is 68.4 Å². The maximum absolute atomic E-state index is 13.4. The van der Waals surface area contributed by atoms with Crippen molar-refractivity contribution in [2.45, 2.75) is 38.9 Å². The molecule has 1 saturated carbocycles. The molecule has 1 fully saturated rings. The summed E-state index contributed by atoms with van der Waals surface area (Å²) in [5.41, 5.74) is 2.58. The highest BCUT2D eigenvalue weighted by atomic mass is 16.6. The number of aryl methyl sites for hydroxylation is 1. The largest absolute Gasteiger partial charge is 0.347 e. The lowest BCUT2D eigenvalue weighted by molar-refractivity contribution is -0.384. The maximum atomic E-state index is 13.4. The van der Waals surface area contributed by atoms with Gasteiger partial charge in [-0.1, -0.05) is 30.3 Å². The summed E-state index contributed by atoms with van der Waals surface area (Å²) in [5, 5.41) is 12.0. The van der Waals surface area contributed by atoms with Gasteiger partial charge >= 0.3 is 0 Å². The van der Waals surface area contributed by atoms with Crippen LogP contribution in [0.3, 0.4) is 0 Å². The van der Waals surface area contributed by atoms with Crippen LogP contribution < -0.4 is 0 Å². The van der Waals surface area contributed by atoms with Crippen molar-refractivity contribution < 1.29 is 9.72 Å². The van der Waals surface area contributed by atoms with E-state index >= 15 is 0 Å². The Hall–Kier alpha value is -3.15. The second-order valence-corrected chi connectivity index (χ2v) is 6.94. The van der Waals surface area contributed by atoms with Crippen LogP contribution in [-0.4, -0.2) is 26.3 Å². The van der Waals surface area contributed by atoms with E-state index in [9.17, 15) is 14.9 Å². The molecular weight excluding hydrogens is 342 g/mol. The number of fused-ring (bicyclic) bond motifs is 1. The zero-order chi connectivity index (χ0) is 19.0. The van der Waals surface area contributed by atoms with Crippen molar-refractivity contribution in [1.82, 2.24) is 9.47 Å². The van der Waals surface area contributed by atoms with E-state index in [0.717, 1.165) is 35.9 Å². The Morgan fingerprint density at radius 1 is 1.22 bits per heavy atom. The summed E-state index contributed by atoms with van der Waals surface area (Å²) in [6.45, 7) is 3.24. The number of nitro groups is 1. The van der Waals surface area contributed by atoms with Gasteiger partial charge in [-0.05, 0) is 31.4 Å². The number of benzene rings is 2. The van der Waals surface area contributed by atoms with Crippen LogP contribution in [-0.2, 0) is 13.1 Å². The minimum Gasteiger partial charge on any atom is -0.347 e. The summed E-state index contributed by atoms with van der Waals surface area (Å²) in [6, 6.07) is 14.7. The molecule has 0 saturated heterocycles. The highest BCUT2D eigenvalue weighted by Crippen LogP contribution is 2.32. The third-order valence-corrected chi connectivity index (χ3v) is 5.08. The first kappa shape index (κ1) is 17.3. The normalized spacial score (nSPS) is 13.7. The number of carbonyl (C=O) groups is 1. The first-order chi connectivity index (χ1) is 13.1. The van der Waals surface area contributed by atoms with Crippen molar-refractivity contribution in [2.24, 2.45) is 0 Å². The number of amides is 1. The van der Waals surface area contributed by atoms with E-state index in [4.69, 9.17) is 0 Å². The van der Waals surface area contributed by atoms with E-state index in [1.165, 1.54) is 6.07 Å². The molecule has 1 amide bonds. The standard InChI is InChI=1S/C21H21N3O3/c1-2-22-14-19(18-8-3-4-9-20(18)22)21(25)23(16-10-11-16)13-15-6-5-7-17(12-15)24(26)27/h3-9,12,14,16H,2,10-11,13H2,1H3. The average Bonchev–Trinajstić information content (AvgIpc) is 3.46. The molecule has 4 rings (SSSR count). The quantitative estimate of drug-likeness (QED) is 0.482. The second-order valence-electron chi connectivity index (χ2n) is 6.94. The second kappa shape index (κ2) is 6.87. The monoisotopic (exact) mass is 363 g/mol. The van der Waals surface area contributed by atoms with E-state index < -0.39 is 4.92 Å². The van der Waals surface area contributed by atoms with Gasteiger partial charge in [0.15, 0.2) is 0 Å². The number of aromatic nitrogens is 1. The zero-order valence-electron chi connectivity index (χ0n) is 15.2. The highest BCUT2D eigenvalue weighted by Gasteiger charge is 2.34. The highest BCUT2D eigenvalue weighted by molar-refractivity contribution is 6.07. The number of para-hydroxylation sites is 1. The molecule has 0 radical (unpaired) electrons. The summed E-state index contributed by atoms with van der Waals surface area (Å²) in [7, 11) is 0.